The van der Waals surface area contributed by atoms with E-state index >= 15 is 0 Å². The van der Waals surface area contributed by atoms with Gasteiger partial charge in [-0.1, -0.05) is 20.8 Å². The number of rotatable bonds is 6. The molecule has 1 aromatic carbocycles. The highest BCUT2D eigenvalue weighted by molar-refractivity contribution is 5.89. The minimum absolute atomic E-state index is 0.646. The minimum Gasteiger partial charge on any atom is -0.496 e. The van der Waals surface area contributed by atoms with E-state index in [1.54, 1.807) is 19.5 Å². The third-order valence-corrected chi connectivity index (χ3v) is 4.41. The van der Waals surface area contributed by atoms with E-state index in [0.717, 1.165) is 58.6 Å². The lowest BCUT2D eigenvalue weighted by atomic mass is 10.0. The zero-order valence-corrected chi connectivity index (χ0v) is 15.4. The summed E-state index contributed by atoms with van der Waals surface area (Å²) in [5.74, 6) is 2.40. The Morgan fingerprint density at radius 3 is 2.48 bits per heavy atom. The predicted molar refractivity (Wildman–Crippen MR) is 102 cm³/mol. The van der Waals surface area contributed by atoms with E-state index in [2.05, 4.69) is 31.8 Å². The lowest BCUT2D eigenvalue weighted by Gasteiger charge is -2.13. The topological polar surface area (TPSA) is 47.9 Å². The Morgan fingerprint density at radius 2 is 1.84 bits per heavy atom. The van der Waals surface area contributed by atoms with Crippen molar-refractivity contribution in [1.29, 1.82) is 0 Å². The van der Waals surface area contributed by atoms with Gasteiger partial charge in [-0.2, -0.15) is 0 Å². The zero-order chi connectivity index (χ0) is 17.8. The molecule has 25 heavy (non-hydrogen) atoms. The van der Waals surface area contributed by atoms with E-state index in [1.165, 1.54) is 0 Å². The van der Waals surface area contributed by atoms with Gasteiger partial charge >= 0.3 is 0 Å². The van der Waals surface area contributed by atoms with Gasteiger partial charge in [-0.25, -0.2) is 9.97 Å². The van der Waals surface area contributed by atoms with Crippen LogP contribution in [0, 0.1) is 5.92 Å². The Balaban J connectivity index is 2.14. The van der Waals surface area contributed by atoms with Crippen LogP contribution in [0.25, 0.3) is 22.0 Å². The quantitative estimate of drug-likeness (QED) is 0.646. The second-order valence-corrected chi connectivity index (χ2v) is 6.68. The van der Waals surface area contributed by atoms with Crippen molar-refractivity contribution in [2.24, 2.45) is 5.92 Å². The fourth-order valence-electron chi connectivity index (χ4n) is 3.00. The molecule has 2 aromatic heterocycles. The van der Waals surface area contributed by atoms with E-state index in [1.807, 2.05) is 18.2 Å². The van der Waals surface area contributed by atoms with E-state index in [9.17, 15) is 0 Å². The van der Waals surface area contributed by atoms with Gasteiger partial charge in [0, 0.05) is 35.8 Å². The second-order valence-electron chi connectivity index (χ2n) is 6.68. The summed E-state index contributed by atoms with van der Waals surface area (Å²) in [7, 11) is 1.70. The molecule has 0 amide bonds. The molecule has 4 heteroatoms. The number of aromatic nitrogens is 3. The molecule has 0 N–H and O–H groups in total. The SMILES string of the molecule is CCc1nc(CCC(C)C)nc2cc(OC)c(-c3ccncc3)cc12. The lowest BCUT2D eigenvalue weighted by molar-refractivity contribution is 0.417. The van der Waals surface area contributed by atoms with Crippen molar-refractivity contribution in [1.82, 2.24) is 15.0 Å². The maximum absolute atomic E-state index is 5.64. The van der Waals surface area contributed by atoms with Crippen LogP contribution < -0.4 is 4.74 Å². The molecule has 4 nitrogen and oxygen atoms in total. The van der Waals surface area contributed by atoms with Gasteiger partial charge in [0.1, 0.15) is 11.6 Å². The molecular formula is C21H25N3O. The number of aryl methyl sites for hydroxylation is 2. The minimum atomic E-state index is 0.646. The van der Waals surface area contributed by atoms with Crippen LogP contribution >= 0.6 is 0 Å². The normalized spacial score (nSPS) is 11.2. The van der Waals surface area contributed by atoms with Crippen molar-refractivity contribution in [2.75, 3.05) is 7.11 Å². The third kappa shape index (κ3) is 3.78. The number of fused-ring (bicyclic) bond motifs is 1. The van der Waals surface area contributed by atoms with Crippen LogP contribution in [0.1, 0.15) is 38.7 Å². The van der Waals surface area contributed by atoms with E-state index in [0.29, 0.717) is 5.92 Å². The number of benzene rings is 1. The molecule has 0 aliphatic rings. The predicted octanol–water partition coefficient (Wildman–Crippen LogP) is 4.85. The summed E-state index contributed by atoms with van der Waals surface area (Å²) in [6.45, 7) is 6.60. The Kier molecular flexibility index (Phi) is 5.27. The first-order valence-electron chi connectivity index (χ1n) is 8.90. The van der Waals surface area contributed by atoms with Crippen molar-refractivity contribution < 1.29 is 4.74 Å². The van der Waals surface area contributed by atoms with Crippen LogP contribution in [-0.4, -0.2) is 22.1 Å². The maximum Gasteiger partial charge on any atom is 0.129 e. The van der Waals surface area contributed by atoms with Crippen molar-refractivity contribution >= 4 is 10.9 Å². The number of ether oxygens (including phenoxy) is 1. The zero-order valence-electron chi connectivity index (χ0n) is 15.4. The van der Waals surface area contributed by atoms with Gasteiger partial charge < -0.3 is 4.74 Å². The third-order valence-electron chi connectivity index (χ3n) is 4.41. The van der Waals surface area contributed by atoms with Crippen molar-refractivity contribution in [3.63, 3.8) is 0 Å². The average molecular weight is 335 g/mol. The summed E-state index contributed by atoms with van der Waals surface area (Å²) >= 11 is 0. The molecule has 0 bridgehead atoms. The van der Waals surface area contributed by atoms with Gasteiger partial charge in [0.05, 0.1) is 18.3 Å². The van der Waals surface area contributed by atoms with Crippen LogP contribution in [-0.2, 0) is 12.8 Å². The fourth-order valence-corrected chi connectivity index (χ4v) is 3.00. The monoisotopic (exact) mass is 335 g/mol. The maximum atomic E-state index is 5.64. The number of methoxy groups -OCH3 is 1. The number of pyridine rings is 1. The van der Waals surface area contributed by atoms with Crippen LogP contribution in [0.3, 0.4) is 0 Å². The fraction of sp³-hybridized carbons (Fsp3) is 0.381. The molecule has 0 spiro atoms. The van der Waals surface area contributed by atoms with Gasteiger partial charge in [0.2, 0.25) is 0 Å². The molecule has 130 valence electrons. The Hall–Kier alpha value is -2.49. The first kappa shape index (κ1) is 17.3. The summed E-state index contributed by atoms with van der Waals surface area (Å²) in [6, 6.07) is 8.17. The van der Waals surface area contributed by atoms with Crippen LogP contribution in [0.5, 0.6) is 5.75 Å². The Labute approximate surface area is 149 Å². The molecule has 0 atom stereocenters. The molecule has 0 saturated carbocycles. The Morgan fingerprint density at radius 1 is 1.08 bits per heavy atom. The average Bonchev–Trinajstić information content (AvgIpc) is 2.65. The van der Waals surface area contributed by atoms with Crippen molar-refractivity contribution in [3.05, 3.63) is 48.2 Å². The van der Waals surface area contributed by atoms with Crippen LogP contribution in [0.4, 0.5) is 0 Å². The molecule has 0 aliphatic heterocycles. The van der Waals surface area contributed by atoms with Gasteiger partial charge in [-0.05, 0) is 42.5 Å². The highest BCUT2D eigenvalue weighted by Gasteiger charge is 2.13. The number of hydrogen-bond donors (Lipinski definition) is 0. The van der Waals surface area contributed by atoms with Crippen LogP contribution in [0.2, 0.25) is 0 Å². The molecule has 0 unspecified atom stereocenters. The summed E-state index contributed by atoms with van der Waals surface area (Å²) in [4.78, 5) is 13.7. The molecule has 0 saturated heterocycles. The Bertz CT molecular complexity index is 860. The molecule has 0 fully saturated rings. The van der Waals surface area contributed by atoms with Gasteiger partial charge in [0.15, 0.2) is 0 Å². The molecular weight excluding hydrogens is 310 g/mol. The first-order valence-corrected chi connectivity index (χ1v) is 8.90. The molecule has 3 rings (SSSR count). The number of hydrogen-bond acceptors (Lipinski definition) is 4. The van der Waals surface area contributed by atoms with Gasteiger partial charge in [0.25, 0.3) is 0 Å². The van der Waals surface area contributed by atoms with Crippen molar-refractivity contribution in [2.45, 2.75) is 40.0 Å². The molecule has 3 aromatic rings. The van der Waals surface area contributed by atoms with E-state index in [4.69, 9.17) is 14.7 Å². The highest BCUT2D eigenvalue weighted by atomic mass is 16.5. The van der Waals surface area contributed by atoms with Crippen molar-refractivity contribution in [3.8, 4) is 16.9 Å². The van der Waals surface area contributed by atoms with Gasteiger partial charge in [-0.3, -0.25) is 4.98 Å². The summed E-state index contributed by atoms with van der Waals surface area (Å²) in [5, 5.41) is 1.10. The molecule has 0 radical (unpaired) electrons. The first-order chi connectivity index (χ1) is 12.1. The van der Waals surface area contributed by atoms with Gasteiger partial charge in [-0.15, -0.1) is 0 Å². The summed E-state index contributed by atoms with van der Waals surface area (Å²) in [6.07, 6.45) is 6.49. The standard InChI is InChI=1S/C21H25N3O/c1-5-18-17-12-16(15-8-10-22-11-9-15)20(25-4)13-19(17)24-21(23-18)7-6-14(2)3/h8-14H,5-7H2,1-4H3. The smallest absolute Gasteiger partial charge is 0.129 e. The summed E-state index contributed by atoms with van der Waals surface area (Å²) in [5.41, 5.74) is 4.19. The van der Waals surface area contributed by atoms with E-state index in [-0.39, 0.29) is 0 Å². The number of nitrogens with zero attached hydrogens (tertiary/aromatic N) is 3. The van der Waals surface area contributed by atoms with E-state index < -0.39 is 0 Å². The molecule has 0 aliphatic carbocycles. The highest BCUT2D eigenvalue weighted by Crippen LogP contribution is 2.34. The van der Waals surface area contributed by atoms with Crippen LogP contribution in [0.15, 0.2) is 36.7 Å². The lowest BCUT2D eigenvalue weighted by Crippen LogP contribution is -2.03. The largest absolute Gasteiger partial charge is 0.496 e. The molecule has 2 heterocycles. The summed E-state index contributed by atoms with van der Waals surface area (Å²) < 4.78 is 5.64. The second kappa shape index (κ2) is 7.60.